The molecule has 1 N–H and O–H groups in total. The molecular formula is C16H23ClN2O. The normalized spacial score (nSPS) is 21.9. The fourth-order valence-corrected chi connectivity index (χ4v) is 3.11. The minimum atomic E-state index is -0.214. The molecule has 0 saturated carbocycles. The first-order chi connectivity index (χ1) is 9.61. The molecule has 0 aliphatic carbocycles. The molecule has 1 aromatic rings. The SMILES string of the molecule is CCN(Cc1cccc(Cl)c1)C(=O)C1(CC)CCNC1. The van der Waals surface area contributed by atoms with Crippen LogP contribution in [0.25, 0.3) is 0 Å². The maximum absolute atomic E-state index is 12.9. The topological polar surface area (TPSA) is 32.3 Å². The van der Waals surface area contributed by atoms with Crippen molar-refractivity contribution in [3.8, 4) is 0 Å². The molecule has 1 fully saturated rings. The lowest BCUT2D eigenvalue weighted by atomic mass is 9.82. The second-order valence-corrected chi connectivity index (χ2v) is 5.95. The van der Waals surface area contributed by atoms with Gasteiger partial charge in [0, 0.05) is 24.7 Å². The summed E-state index contributed by atoms with van der Waals surface area (Å²) < 4.78 is 0. The summed E-state index contributed by atoms with van der Waals surface area (Å²) in [5.74, 6) is 0.271. The summed E-state index contributed by atoms with van der Waals surface area (Å²) in [4.78, 5) is 14.8. The molecule has 0 spiro atoms. The number of carbonyl (C=O) groups is 1. The first-order valence-corrected chi connectivity index (χ1v) is 7.73. The van der Waals surface area contributed by atoms with Crippen LogP contribution in [0.5, 0.6) is 0 Å². The van der Waals surface area contributed by atoms with Crippen LogP contribution in [0.15, 0.2) is 24.3 Å². The fraction of sp³-hybridized carbons (Fsp3) is 0.562. The first-order valence-electron chi connectivity index (χ1n) is 7.36. The van der Waals surface area contributed by atoms with E-state index in [0.29, 0.717) is 6.54 Å². The van der Waals surface area contributed by atoms with Crippen molar-refractivity contribution in [1.29, 1.82) is 0 Å². The molecular weight excluding hydrogens is 272 g/mol. The summed E-state index contributed by atoms with van der Waals surface area (Å²) in [5, 5.41) is 4.05. The Kier molecular flexibility index (Phi) is 5.06. The van der Waals surface area contributed by atoms with Crippen LogP contribution in [-0.4, -0.2) is 30.4 Å². The third kappa shape index (κ3) is 3.15. The molecule has 110 valence electrons. The third-order valence-corrected chi connectivity index (χ3v) is 4.54. The Labute approximate surface area is 126 Å². The van der Waals surface area contributed by atoms with Gasteiger partial charge in [-0.2, -0.15) is 0 Å². The van der Waals surface area contributed by atoms with Crippen molar-refractivity contribution in [2.75, 3.05) is 19.6 Å². The zero-order valence-corrected chi connectivity index (χ0v) is 13.0. The van der Waals surface area contributed by atoms with E-state index in [1.165, 1.54) is 0 Å². The van der Waals surface area contributed by atoms with Gasteiger partial charge in [-0.25, -0.2) is 0 Å². The molecule has 1 unspecified atom stereocenters. The number of nitrogens with zero attached hydrogens (tertiary/aromatic N) is 1. The van der Waals surface area contributed by atoms with Crippen LogP contribution in [0, 0.1) is 5.41 Å². The number of amides is 1. The summed E-state index contributed by atoms with van der Waals surface area (Å²) in [6, 6.07) is 7.75. The zero-order chi connectivity index (χ0) is 14.6. The lowest BCUT2D eigenvalue weighted by Gasteiger charge is -2.32. The molecule has 3 nitrogen and oxygen atoms in total. The molecule has 1 aromatic carbocycles. The average molecular weight is 295 g/mol. The van der Waals surface area contributed by atoms with E-state index in [2.05, 4.69) is 12.2 Å². The van der Waals surface area contributed by atoms with Crippen molar-refractivity contribution < 1.29 is 4.79 Å². The Bertz CT molecular complexity index is 469. The summed E-state index contributed by atoms with van der Waals surface area (Å²) in [7, 11) is 0. The number of rotatable bonds is 5. The van der Waals surface area contributed by atoms with Gasteiger partial charge in [0.05, 0.1) is 5.41 Å². The molecule has 20 heavy (non-hydrogen) atoms. The van der Waals surface area contributed by atoms with Crippen LogP contribution in [0.2, 0.25) is 5.02 Å². The number of carbonyl (C=O) groups excluding carboxylic acids is 1. The van der Waals surface area contributed by atoms with E-state index < -0.39 is 0 Å². The zero-order valence-electron chi connectivity index (χ0n) is 12.3. The monoisotopic (exact) mass is 294 g/mol. The van der Waals surface area contributed by atoms with Crippen LogP contribution < -0.4 is 5.32 Å². The molecule has 1 aliphatic heterocycles. The highest BCUT2D eigenvalue weighted by atomic mass is 35.5. The smallest absolute Gasteiger partial charge is 0.230 e. The van der Waals surface area contributed by atoms with E-state index in [4.69, 9.17) is 11.6 Å². The van der Waals surface area contributed by atoms with E-state index in [9.17, 15) is 4.79 Å². The van der Waals surface area contributed by atoms with Gasteiger partial charge in [0.2, 0.25) is 5.91 Å². The highest BCUT2D eigenvalue weighted by Crippen LogP contribution is 2.32. The molecule has 1 amide bonds. The average Bonchev–Trinajstić information content (AvgIpc) is 2.94. The quantitative estimate of drug-likeness (QED) is 0.905. The van der Waals surface area contributed by atoms with E-state index in [-0.39, 0.29) is 11.3 Å². The van der Waals surface area contributed by atoms with E-state index in [1.807, 2.05) is 36.1 Å². The van der Waals surface area contributed by atoms with Crippen molar-refractivity contribution in [3.63, 3.8) is 0 Å². The molecule has 1 atom stereocenters. The van der Waals surface area contributed by atoms with Crippen LogP contribution in [0.3, 0.4) is 0 Å². The highest BCUT2D eigenvalue weighted by molar-refractivity contribution is 6.30. The summed E-state index contributed by atoms with van der Waals surface area (Å²) in [6.07, 6.45) is 1.83. The van der Waals surface area contributed by atoms with Gasteiger partial charge in [0.25, 0.3) is 0 Å². The summed E-state index contributed by atoms with van der Waals surface area (Å²) in [5.41, 5.74) is 0.874. The molecule has 0 radical (unpaired) electrons. The first kappa shape index (κ1) is 15.3. The van der Waals surface area contributed by atoms with Gasteiger partial charge in [-0.3, -0.25) is 4.79 Å². The number of hydrogen-bond donors (Lipinski definition) is 1. The Morgan fingerprint density at radius 3 is 2.80 bits per heavy atom. The predicted octanol–water partition coefficient (Wildman–Crippen LogP) is 3.08. The van der Waals surface area contributed by atoms with Crippen molar-refractivity contribution >= 4 is 17.5 Å². The molecule has 1 saturated heterocycles. The Hall–Kier alpha value is -1.06. The van der Waals surface area contributed by atoms with Crippen LogP contribution in [-0.2, 0) is 11.3 Å². The van der Waals surface area contributed by atoms with Crippen LogP contribution in [0.1, 0.15) is 32.3 Å². The van der Waals surface area contributed by atoms with Gasteiger partial charge in [0.15, 0.2) is 0 Å². The Morgan fingerprint density at radius 2 is 2.25 bits per heavy atom. The lowest BCUT2D eigenvalue weighted by Crippen LogP contribution is -2.44. The minimum Gasteiger partial charge on any atom is -0.338 e. The number of hydrogen-bond acceptors (Lipinski definition) is 2. The number of nitrogens with one attached hydrogen (secondary N) is 1. The minimum absolute atomic E-state index is 0.214. The second kappa shape index (κ2) is 6.59. The molecule has 4 heteroatoms. The number of benzene rings is 1. The molecule has 2 rings (SSSR count). The third-order valence-electron chi connectivity index (χ3n) is 4.31. The van der Waals surface area contributed by atoms with Crippen LogP contribution in [0.4, 0.5) is 0 Å². The van der Waals surface area contributed by atoms with Crippen molar-refractivity contribution in [3.05, 3.63) is 34.9 Å². The maximum atomic E-state index is 12.9. The van der Waals surface area contributed by atoms with Gasteiger partial charge in [-0.15, -0.1) is 0 Å². The predicted molar refractivity (Wildman–Crippen MR) is 82.8 cm³/mol. The molecule has 1 heterocycles. The Morgan fingerprint density at radius 1 is 1.45 bits per heavy atom. The second-order valence-electron chi connectivity index (χ2n) is 5.51. The van der Waals surface area contributed by atoms with Gasteiger partial charge in [-0.05, 0) is 44.0 Å². The van der Waals surface area contributed by atoms with Gasteiger partial charge < -0.3 is 10.2 Å². The fourth-order valence-electron chi connectivity index (χ4n) is 2.90. The Balaban J connectivity index is 2.13. The summed E-state index contributed by atoms with van der Waals surface area (Å²) in [6.45, 7) is 7.25. The van der Waals surface area contributed by atoms with E-state index in [0.717, 1.165) is 43.1 Å². The molecule has 0 aromatic heterocycles. The van der Waals surface area contributed by atoms with Gasteiger partial charge in [-0.1, -0.05) is 30.7 Å². The maximum Gasteiger partial charge on any atom is 0.230 e. The summed E-state index contributed by atoms with van der Waals surface area (Å²) >= 11 is 6.02. The van der Waals surface area contributed by atoms with E-state index >= 15 is 0 Å². The van der Waals surface area contributed by atoms with Crippen molar-refractivity contribution in [2.24, 2.45) is 5.41 Å². The molecule has 1 aliphatic rings. The van der Waals surface area contributed by atoms with Gasteiger partial charge >= 0.3 is 0 Å². The highest BCUT2D eigenvalue weighted by Gasteiger charge is 2.41. The lowest BCUT2D eigenvalue weighted by molar-refractivity contribution is -0.141. The largest absolute Gasteiger partial charge is 0.338 e. The molecule has 0 bridgehead atoms. The van der Waals surface area contributed by atoms with Crippen molar-refractivity contribution in [2.45, 2.75) is 33.2 Å². The van der Waals surface area contributed by atoms with Crippen LogP contribution >= 0.6 is 11.6 Å². The van der Waals surface area contributed by atoms with Gasteiger partial charge in [0.1, 0.15) is 0 Å². The van der Waals surface area contributed by atoms with E-state index in [1.54, 1.807) is 0 Å². The van der Waals surface area contributed by atoms with Crippen molar-refractivity contribution in [1.82, 2.24) is 10.2 Å². The number of halogens is 1. The standard InChI is InChI=1S/C16H23ClN2O/c1-3-16(8-9-18-12-16)15(20)19(4-2)11-13-6-5-7-14(17)10-13/h5-7,10,18H,3-4,8-9,11-12H2,1-2H3.